The molecule has 0 aromatic heterocycles. The molecule has 1 aliphatic carbocycles. The van der Waals surface area contributed by atoms with Crippen LogP contribution in [0.25, 0.3) is 0 Å². The predicted octanol–water partition coefficient (Wildman–Crippen LogP) is 2.00. The minimum Gasteiger partial charge on any atom is -0.393 e. The fourth-order valence-corrected chi connectivity index (χ4v) is 2.16. The highest BCUT2D eigenvalue weighted by molar-refractivity contribution is 5.94. The molecule has 0 spiro atoms. The summed E-state index contributed by atoms with van der Waals surface area (Å²) in [5.74, 6) is -2.10. The van der Waals surface area contributed by atoms with Crippen molar-refractivity contribution in [1.82, 2.24) is 5.32 Å². The van der Waals surface area contributed by atoms with Gasteiger partial charge in [0, 0.05) is 12.1 Å². The second-order valence-electron chi connectivity index (χ2n) is 4.60. The van der Waals surface area contributed by atoms with Gasteiger partial charge in [0.05, 0.1) is 11.7 Å². The fourth-order valence-electron chi connectivity index (χ4n) is 2.16. The van der Waals surface area contributed by atoms with Crippen LogP contribution < -0.4 is 5.32 Å². The van der Waals surface area contributed by atoms with Gasteiger partial charge in [0.25, 0.3) is 5.91 Å². The summed E-state index contributed by atoms with van der Waals surface area (Å²) in [4.78, 5) is 11.8. The molecule has 2 rings (SSSR count). The van der Waals surface area contributed by atoms with Crippen molar-refractivity contribution >= 4 is 5.91 Å². The molecule has 3 nitrogen and oxygen atoms in total. The van der Waals surface area contributed by atoms with Crippen molar-refractivity contribution < 1.29 is 18.7 Å². The molecule has 1 fully saturated rings. The molecule has 1 aliphatic rings. The van der Waals surface area contributed by atoms with Gasteiger partial charge in [-0.25, -0.2) is 8.78 Å². The van der Waals surface area contributed by atoms with E-state index in [2.05, 4.69) is 5.32 Å². The van der Waals surface area contributed by atoms with Crippen LogP contribution in [0, 0.1) is 11.6 Å². The third kappa shape index (κ3) is 3.04. The Kier molecular flexibility index (Phi) is 3.91. The maximum atomic E-state index is 13.4. The van der Waals surface area contributed by atoms with Gasteiger partial charge in [-0.05, 0) is 37.8 Å². The van der Waals surface area contributed by atoms with Crippen LogP contribution in [0.15, 0.2) is 18.2 Å². The van der Waals surface area contributed by atoms with Gasteiger partial charge in [0.15, 0.2) is 0 Å². The third-order valence-electron chi connectivity index (χ3n) is 3.21. The van der Waals surface area contributed by atoms with E-state index in [-0.39, 0.29) is 17.7 Å². The first kappa shape index (κ1) is 13.0. The summed E-state index contributed by atoms with van der Waals surface area (Å²) in [6.45, 7) is 0. The van der Waals surface area contributed by atoms with E-state index in [0.29, 0.717) is 31.7 Å². The lowest BCUT2D eigenvalue weighted by Gasteiger charge is -2.26. The number of benzene rings is 1. The smallest absolute Gasteiger partial charge is 0.254 e. The number of aliphatic hydroxyl groups excluding tert-OH is 1. The highest BCUT2D eigenvalue weighted by Crippen LogP contribution is 2.19. The summed E-state index contributed by atoms with van der Waals surface area (Å²) in [5, 5.41) is 12.0. The molecular formula is C13H15F2NO2. The Morgan fingerprint density at radius 2 is 1.89 bits per heavy atom. The highest BCUT2D eigenvalue weighted by Gasteiger charge is 2.22. The SMILES string of the molecule is O=C(NC1CCC(O)CC1)c1ccc(F)cc1F. The molecule has 0 bridgehead atoms. The quantitative estimate of drug-likeness (QED) is 0.849. The maximum absolute atomic E-state index is 13.4. The summed E-state index contributed by atoms with van der Waals surface area (Å²) in [5.41, 5.74) is -0.150. The molecule has 1 amide bonds. The van der Waals surface area contributed by atoms with Gasteiger partial charge in [-0.1, -0.05) is 0 Å². The molecule has 0 radical (unpaired) electrons. The molecule has 0 unspecified atom stereocenters. The largest absolute Gasteiger partial charge is 0.393 e. The Labute approximate surface area is 104 Å². The van der Waals surface area contributed by atoms with E-state index >= 15 is 0 Å². The second kappa shape index (κ2) is 5.44. The van der Waals surface area contributed by atoms with E-state index < -0.39 is 17.5 Å². The van der Waals surface area contributed by atoms with Gasteiger partial charge < -0.3 is 10.4 Å². The minimum atomic E-state index is -0.858. The predicted molar refractivity (Wildman–Crippen MR) is 62.1 cm³/mol. The lowest BCUT2D eigenvalue weighted by Crippen LogP contribution is -2.38. The summed E-state index contributed by atoms with van der Waals surface area (Å²) < 4.78 is 26.1. The van der Waals surface area contributed by atoms with Crippen LogP contribution in [0.4, 0.5) is 8.78 Å². The number of halogens is 2. The number of carbonyl (C=O) groups excluding carboxylic acids is 1. The Morgan fingerprint density at radius 1 is 1.22 bits per heavy atom. The summed E-state index contributed by atoms with van der Waals surface area (Å²) in [6, 6.07) is 2.84. The Hall–Kier alpha value is -1.49. The number of nitrogens with one attached hydrogen (secondary N) is 1. The van der Waals surface area contributed by atoms with Crippen LogP contribution in [-0.4, -0.2) is 23.2 Å². The van der Waals surface area contributed by atoms with Crippen LogP contribution in [0.3, 0.4) is 0 Å². The fraction of sp³-hybridized carbons (Fsp3) is 0.462. The topological polar surface area (TPSA) is 49.3 Å². The zero-order chi connectivity index (χ0) is 13.1. The number of amides is 1. The average molecular weight is 255 g/mol. The van der Waals surface area contributed by atoms with Crippen molar-refractivity contribution in [3.05, 3.63) is 35.4 Å². The first-order valence-electron chi connectivity index (χ1n) is 6.00. The summed E-state index contributed by atoms with van der Waals surface area (Å²) >= 11 is 0. The van der Waals surface area contributed by atoms with Crippen LogP contribution in [0.2, 0.25) is 0 Å². The van der Waals surface area contributed by atoms with E-state index in [0.717, 1.165) is 12.1 Å². The molecule has 2 N–H and O–H groups in total. The zero-order valence-electron chi connectivity index (χ0n) is 9.83. The van der Waals surface area contributed by atoms with E-state index in [1.165, 1.54) is 0 Å². The lowest BCUT2D eigenvalue weighted by molar-refractivity contribution is 0.0864. The summed E-state index contributed by atoms with van der Waals surface area (Å²) in [7, 11) is 0. The summed E-state index contributed by atoms with van der Waals surface area (Å²) in [6.07, 6.45) is 2.32. The Bertz CT molecular complexity index is 443. The van der Waals surface area contributed by atoms with Gasteiger partial charge in [0.2, 0.25) is 0 Å². The number of rotatable bonds is 2. The Balaban J connectivity index is 1.99. The van der Waals surface area contributed by atoms with Gasteiger partial charge in [-0.15, -0.1) is 0 Å². The molecule has 5 heteroatoms. The van der Waals surface area contributed by atoms with Gasteiger partial charge in [0.1, 0.15) is 11.6 Å². The van der Waals surface area contributed by atoms with Crippen molar-refractivity contribution in [2.45, 2.75) is 37.8 Å². The van der Waals surface area contributed by atoms with Gasteiger partial charge in [-0.2, -0.15) is 0 Å². The molecule has 0 heterocycles. The van der Waals surface area contributed by atoms with Crippen molar-refractivity contribution in [2.24, 2.45) is 0 Å². The van der Waals surface area contributed by atoms with Crippen LogP contribution in [0.1, 0.15) is 36.0 Å². The van der Waals surface area contributed by atoms with Gasteiger partial charge >= 0.3 is 0 Å². The number of aliphatic hydroxyl groups is 1. The maximum Gasteiger partial charge on any atom is 0.254 e. The van der Waals surface area contributed by atoms with E-state index in [1.54, 1.807) is 0 Å². The Morgan fingerprint density at radius 3 is 2.50 bits per heavy atom. The highest BCUT2D eigenvalue weighted by atomic mass is 19.1. The molecule has 0 saturated heterocycles. The lowest BCUT2D eigenvalue weighted by atomic mass is 9.93. The second-order valence-corrected chi connectivity index (χ2v) is 4.60. The molecule has 1 aromatic rings. The monoisotopic (exact) mass is 255 g/mol. The van der Waals surface area contributed by atoms with Crippen molar-refractivity contribution in [1.29, 1.82) is 0 Å². The zero-order valence-corrected chi connectivity index (χ0v) is 9.83. The molecule has 18 heavy (non-hydrogen) atoms. The number of hydrogen-bond donors (Lipinski definition) is 2. The first-order valence-corrected chi connectivity index (χ1v) is 6.00. The number of carbonyl (C=O) groups is 1. The van der Waals surface area contributed by atoms with Crippen molar-refractivity contribution in [3.8, 4) is 0 Å². The standard InChI is InChI=1S/C13H15F2NO2/c14-8-1-6-11(12(15)7-8)13(18)16-9-2-4-10(17)5-3-9/h1,6-7,9-10,17H,2-5H2,(H,16,18). The first-order chi connectivity index (χ1) is 8.56. The molecule has 0 aliphatic heterocycles. The van der Waals surface area contributed by atoms with Crippen molar-refractivity contribution in [2.75, 3.05) is 0 Å². The minimum absolute atomic E-state index is 0.0506. The van der Waals surface area contributed by atoms with Crippen LogP contribution in [0.5, 0.6) is 0 Å². The van der Waals surface area contributed by atoms with Crippen molar-refractivity contribution in [3.63, 3.8) is 0 Å². The molecule has 1 saturated carbocycles. The van der Waals surface area contributed by atoms with E-state index in [9.17, 15) is 18.7 Å². The third-order valence-corrected chi connectivity index (χ3v) is 3.21. The average Bonchev–Trinajstić information content (AvgIpc) is 2.32. The molecule has 0 atom stereocenters. The molecular weight excluding hydrogens is 240 g/mol. The molecule has 98 valence electrons. The normalized spacial score (nSPS) is 23.7. The van der Waals surface area contributed by atoms with Crippen LogP contribution in [-0.2, 0) is 0 Å². The van der Waals surface area contributed by atoms with Crippen LogP contribution >= 0.6 is 0 Å². The van der Waals surface area contributed by atoms with E-state index in [1.807, 2.05) is 0 Å². The van der Waals surface area contributed by atoms with E-state index in [4.69, 9.17) is 0 Å². The van der Waals surface area contributed by atoms with Gasteiger partial charge in [-0.3, -0.25) is 4.79 Å². The molecule has 1 aromatic carbocycles. The number of hydrogen-bond acceptors (Lipinski definition) is 2.